The highest BCUT2D eigenvalue weighted by atomic mass is 32.1. The van der Waals surface area contributed by atoms with E-state index in [1.165, 1.54) is 9.75 Å². The first-order valence-corrected chi connectivity index (χ1v) is 8.84. The van der Waals surface area contributed by atoms with Crippen LogP contribution < -0.4 is 10.6 Å². The van der Waals surface area contributed by atoms with E-state index < -0.39 is 0 Å². The minimum absolute atomic E-state index is 0.0520. The number of nitrogens with one attached hydrogen (secondary N) is 2. The Labute approximate surface area is 140 Å². The van der Waals surface area contributed by atoms with Crippen LogP contribution >= 0.6 is 11.3 Å². The smallest absolute Gasteiger partial charge is 0.191 e. The van der Waals surface area contributed by atoms with Gasteiger partial charge in [0.05, 0.1) is 6.54 Å². The summed E-state index contributed by atoms with van der Waals surface area (Å²) in [5, 5.41) is 6.85. The lowest BCUT2D eigenvalue weighted by Gasteiger charge is -2.31. The highest BCUT2D eigenvalue weighted by Crippen LogP contribution is 2.16. The maximum absolute atomic E-state index is 4.75. The molecule has 1 heterocycles. The number of aliphatic imine (C=N–C) groups is 1. The van der Waals surface area contributed by atoms with Gasteiger partial charge in [0, 0.05) is 34.3 Å². The number of nitrogens with zero attached hydrogens (tertiary/aromatic N) is 2. The summed E-state index contributed by atoms with van der Waals surface area (Å²) in [5.41, 5.74) is 0.0520. The van der Waals surface area contributed by atoms with Crippen molar-refractivity contribution in [1.29, 1.82) is 0 Å². The molecule has 1 aromatic rings. The van der Waals surface area contributed by atoms with E-state index in [0.717, 1.165) is 25.5 Å². The number of aryl methyl sites for hydroxylation is 1. The molecule has 0 saturated carbocycles. The predicted molar refractivity (Wildman–Crippen MR) is 99.1 cm³/mol. The van der Waals surface area contributed by atoms with Crippen molar-refractivity contribution in [3.63, 3.8) is 0 Å². The van der Waals surface area contributed by atoms with E-state index in [1.807, 2.05) is 11.3 Å². The zero-order chi connectivity index (χ0) is 16.8. The van der Waals surface area contributed by atoms with Gasteiger partial charge in [-0.05, 0) is 60.8 Å². The van der Waals surface area contributed by atoms with E-state index in [2.05, 4.69) is 76.4 Å². The second kappa shape index (κ2) is 8.53. The van der Waals surface area contributed by atoms with Crippen molar-refractivity contribution in [2.24, 2.45) is 4.99 Å². The quantitative estimate of drug-likeness (QED) is 0.598. The molecule has 2 N–H and O–H groups in total. The van der Waals surface area contributed by atoms with Crippen molar-refractivity contribution in [3.8, 4) is 0 Å². The summed E-state index contributed by atoms with van der Waals surface area (Å²) in [5.74, 6) is 0.901. The maximum Gasteiger partial charge on any atom is 0.191 e. The predicted octanol–water partition coefficient (Wildman–Crippen LogP) is 2.88. The Morgan fingerprint density at radius 1 is 1.36 bits per heavy atom. The highest BCUT2D eigenvalue weighted by Gasteiger charge is 2.20. The van der Waals surface area contributed by atoms with Gasteiger partial charge in [-0.25, -0.2) is 0 Å². The fourth-order valence-corrected chi connectivity index (χ4v) is 2.93. The molecule has 0 aliphatic rings. The molecule has 0 amide bonds. The minimum Gasteiger partial charge on any atom is -0.357 e. The molecule has 5 heteroatoms. The van der Waals surface area contributed by atoms with Crippen molar-refractivity contribution in [2.75, 3.05) is 27.2 Å². The molecule has 0 spiro atoms. The fourth-order valence-electron chi connectivity index (χ4n) is 1.92. The molecule has 1 rings (SSSR count). The van der Waals surface area contributed by atoms with Crippen molar-refractivity contribution in [3.05, 3.63) is 21.9 Å². The Balaban J connectivity index is 2.62. The van der Waals surface area contributed by atoms with Crippen molar-refractivity contribution >= 4 is 17.3 Å². The van der Waals surface area contributed by atoms with Crippen molar-refractivity contribution < 1.29 is 0 Å². The van der Waals surface area contributed by atoms with Crippen LogP contribution in [-0.4, -0.2) is 49.6 Å². The van der Waals surface area contributed by atoms with Crippen LogP contribution in [0.5, 0.6) is 0 Å². The summed E-state index contributed by atoms with van der Waals surface area (Å²) in [7, 11) is 4.19. The zero-order valence-electron chi connectivity index (χ0n) is 15.2. The van der Waals surface area contributed by atoms with Crippen LogP contribution in [0.1, 0.15) is 37.4 Å². The second-order valence-corrected chi connectivity index (χ2v) is 8.04. The van der Waals surface area contributed by atoms with E-state index in [0.29, 0.717) is 6.04 Å². The molecule has 1 atom stereocenters. The first-order chi connectivity index (χ1) is 10.2. The first kappa shape index (κ1) is 19.0. The number of likely N-dealkylation sites (N-methyl/N-ethyl adjacent to an activating group) is 1. The van der Waals surface area contributed by atoms with Gasteiger partial charge in [0.1, 0.15) is 0 Å². The largest absolute Gasteiger partial charge is 0.357 e. The SMILES string of the molecule is CCNC(=NCC(C)(C)N(C)C)NC(C)Cc1ccc(C)s1. The standard InChI is InChI=1S/C17H32N4S/c1-8-18-16(19-12-17(4,5)21(6)7)20-13(2)11-15-10-9-14(3)22-15/h9-10,13H,8,11-12H2,1-7H3,(H2,18,19,20). The summed E-state index contributed by atoms with van der Waals surface area (Å²) >= 11 is 1.87. The lowest BCUT2D eigenvalue weighted by atomic mass is 10.1. The van der Waals surface area contributed by atoms with Gasteiger partial charge in [-0.3, -0.25) is 4.99 Å². The van der Waals surface area contributed by atoms with Crippen molar-refractivity contribution in [2.45, 2.75) is 52.6 Å². The van der Waals surface area contributed by atoms with Gasteiger partial charge < -0.3 is 15.5 Å². The van der Waals surface area contributed by atoms with Crippen LogP contribution in [0.3, 0.4) is 0 Å². The van der Waals surface area contributed by atoms with Gasteiger partial charge in [-0.2, -0.15) is 0 Å². The van der Waals surface area contributed by atoms with E-state index in [1.54, 1.807) is 0 Å². The van der Waals surface area contributed by atoms with Crippen LogP contribution in [0.25, 0.3) is 0 Å². The summed E-state index contributed by atoms with van der Waals surface area (Å²) in [6.07, 6.45) is 1.03. The van der Waals surface area contributed by atoms with Crippen LogP contribution in [-0.2, 0) is 6.42 Å². The van der Waals surface area contributed by atoms with E-state index in [9.17, 15) is 0 Å². The normalized spacial score (nSPS) is 14.3. The summed E-state index contributed by atoms with van der Waals surface area (Å²) < 4.78 is 0. The molecule has 0 fully saturated rings. The fraction of sp³-hybridized carbons (Fsp3) is 0.706. The Bertz CT molecular complexity index is 477. The Morgan fingerprint density at radius 3 is 2.55 bits per heavy atom. The van der Waals surface area contributed by atoms with Gasteiger partial charge in [-0.15, -0.1) is 11.3 Å². The zero-order valence-corrected chi connectivity index (χ0v) is 16.0. The number of hydrogen-bond donors (Lipinski definition) is 2. The van der Waals surface area contributed by atoms with Crippen LogP contribution in [0.2, 0.25) is 0 Å². The van der Waals surface area contributed by atoms with Gasteiger partial charge in [0.25, 0.3) is 0 Å². The monoisotopic (exact) mass is 324 g/mol. The van der Waals surface area contributed by atoms with Gasteiger partial charge in [0.15, 0.2) is 5.96 Å². The summed E-state index contributed by atoms with van der Waals surface area (Å²) in [6.45, 7) is 12.5. The average molecular weight is 325 g/mol. The molecule has 1 unspecified atom stereocenters. The van der Waals surface area contributed by atoms with E-state index in [4.69, 9.17) is 4.99 Å². The number of thiophene rings is 1. The Morgan fingerprint density at radius 2 is 2.05 bits per heavy atom. The van der Waals surface area contributed by atoms with Crippen LogP contribution in [0, 0.1) is 6.92 Å². The highest BCUT2D eigenvalue weighted by molar-refractivity contribution is 7.11. The topological polar surface area (TPSA) is 39.7 Å². The molecule has 126 valence electrons. The first-order valence-electron chi connectivity index (χ1n) is 8.02. The number of hydrogen-bond acceptors (Lipinski definition) is 3. The van der Waals surface area contributed by atoms with Crippen LogP contribution in [0.15, 0.2) is 17.1 Å². The third kappa shape index (κ3) is 6.36. The molecular formula is C17H32N4S. The van der Waals surface area contributed by atoms with Crippen molar-refractivity contribution in [1.82, 2.24) is 15.5 Å². The molecule has 22 heavy (non-hydrogen) atoms. The molecule has 0 aromatic carbocycles. The second-order valence-electron chi connectivity index (χ2n) is 6.66. The lowest BCUT2D eigenvalue weighted by Crippen LogP contribution is -2.46. The average Bonchev–Trinajstić information content (AvgIpc) is 2.81. The molecule has 0 radical (unpaired) electrons. The third-order valence-electron chi connectivity index (χ3n) is 3.87. The third-order valence-corrected chi connectivity index (χ3v) is 4.89. The molecule has 1 aromatic heterocycles. The molecule has 0 aliphatic heterocycles. The maximum atomic E-state index is 4.75. The Hall–Kier alpha value is -1.07. The molecule has 4 nitrogen and oxygen atoms in total. The lowest BCUT2D eigenvalue weighted by molar-refractivity contribution is 0.204. The minimum atomic E-state index is 0.0520. The molecule has 0 bridgehead atoms. The number of rotatable bonds is 7. The van der Waals surface area contributed by atoms with Gasteiger partial charge in [0.2, 0.25) is 0 Å². The van der Waals surface area contributed by atoms with Gasteiger partial charge >= 0.3 is 0 Å². The van der Waals surface area contributed by atoms with E-state index >= 15 is 0 Å². The Kier molecular flexibility index (Phi) is 7.36. The molecule has 0 saturated heterocycles. The van der Waals surface area contributed by atoms with Gasteiger partial charge in [-0.1, -0.05) is 0 Å². The summed E-state index contributed by atoms with van der Waals surface area (Å²) in [4.78, 5) is 9.74. The van der Waals surface area contributed by atoms with Crippen LogP contribution in [0.4, 0.5) is 0 Å². The van der Waals surface area contributed by atoms with E-state index in [-0.39, 0.29) is 5.54 Å². The summed E-state index contributed by atoms with van der Waals surface area (Å²) in [6, 6.07) is 4.77. The molecule has 0 aliphatic carbocycles. The number of guanidine groups is 1. The molecular weight excluding hydrogens is 292 g/mol.